The van der Waals surface area contributed by atoms with E-state index in [9.17, 15) is 40.7 Å². The summed E-state index contributed by atoms with van der Waals surface area (Å²) in [5.74, 6) is -2.59. The molecule has 13 heteroatoms. The molecule has 0 aromatic heterocycles. The van der Waals surface area contributed by atoms with Crippen molar-refractivity contribution in [3.63, 3.8) is 0 Å². The van der Waals surface area contributed by atoms with Gasteiger partial charge >= 0.3 is 18.3 Å². The fourth-order valence-electron chi connectivity index (χ4n) is 7.10. The largest absolute Gasteiger partial charge is 0.465 e. The number of piperidine rings is 2. The number of nitrogens with zero attached hydrogens (tertiary/aromatic N) is 3. The third-order valence-electron chi connectivity index (χ3n) is 9.30. The minimum Gasteiger partial charge on any atom is -0.465 e. The maximum Gasteiger partial charge on any atom is 0.416 e. The molecule has 2 amide bonds. The van der Waals surface area contributed by atoms with Gasteiger partial charge in [0.15, 0.2) is 0 Å². The molecule has 0 saturated carbocycles. The van der Waals surface area contributed by atoms with E-state index >= 15 is 0 Å². The molecule has 0 N–H and O–H groups in total. The van der Waals surface area contributed by atoms with Gasteiger partial charge in [0.1, 0.15) is 6.04 Å². The van der Waals surface area contributed by atoms with Crippen LogP contribution in [0, 0.1) is 17.8 Å². The third kappa shape index (κ3) is 6.68. The van der Waals surface area contributed by atoms with Crippen LogP contribution in [-0.2, 0) is 33.2 Å². The van der Waals surface area contributed by atoms with E-state index in [1.807, 2.05) is 14.0 Å². The van der Waals surface area contributed by atoms with Gasteiger partial charge in [0.2, 0.25) is 11.8 Å². The first-order chi connectivity index (χ1) is 21.1. The van der Waals surface area contributed by atoms with Crippen molar-refractivity contribution in [2.45, 2.75) is 50.6 Å². The molecule has 45 heavy (non-hydrogen) atoms. The number of likely N-dealkylation sites (tertiary alicyclic amines) is 1. The molecule has 0 aliphatic carbocycles. The first kappa shape index (κ1) is 32.8. The molecule has 0 spiro atoms. The predicted molar refractivity (Wildman–Crippen MR) is 151 cm³/mol. The van der Waals surface area contributed by atoms with E-state index in [0.29, 0.717) is 49.2 Å². The van der Waals surface area contributed by atoms with Gasteiger partial charge in [-0.1, -0.05) is 19.1 Å². The van der Waals surface area contributed by atoms with Crippen LogP contribution in [0.4, 0.5) is 26.3 Å². The number of ether oxygens (including phenoxy) is 1. The zero-order valence-corrected chi connectivity index (χ0v) is 25.1. The summed E-state index contributed by atoms with van der Waals surface area (Å²) in [6, 6.07) is 6.95. The van der Waals surface area contributed by atoms with E-state index in [4.69, 9.17) is 4.74 Å². The fraction of sp³-hybridized carbons (Fsp3) is 0.531. The first-order valence-electron chi connectivity index (χ1n) is 14.8. The van der Waals surface area contributed by atoms with E-state index in [-0.39, 0.29) is 42.5 Å². The van der Waals surface area contributed by atoms with Gasteiger partial charge in [-0.3, -0.25) is 9.59 Å². The number of methoxy groups -OCH3 is 1. The highest BCUT2D eigenvalue weighted by atomic mass is 19.4. The number of carbonyl (C=O) groups excluding carboxylic acids is 3. The Hall–Kier alpha value is -3.61. The maximum absolute atomic E-state index is 14.5. The Morgan fingerprint density at radius 2 is 1.51 bits per heavy atom. The molecule has 5 rings (SSSR count). The quantitative estimate of drug-likeness (QED) is 0.329. The van der Waals surface area contributed by atoms with Gasteiger partial charge < -0.3 is 19.4 Å². The molecule has 3 saturated heterocycles. The smallest absolute Gasteiger partial charge is 0.416 e. The van der Waals surface area contributed by atoms with Gasteiger partial charge in [0, 0.05) is 32.1 Å². The molecule has 244 valence electrons. The third-order valence-corrected chi connectivity index (χ3v) is 9.30. The first-order valence-corrected chi connectivity index (χ1v) is 14.8. The molecule has 0 radical (unpaired) electrons. The van der Waals surface area contributed by atoms with Crippen LogP contribution < -0.4 is 0 Å². The second kappa shape index (κ2) is 12.3. The number of benzene rings is 2. The molecule has 2 aromatic rings. The topological polar surface area (TPSA) is 70.2 Å². The van der Waals surface area contributed by atoms with Gasteiger partial charge in [-0.15, -0.1) is 0 Å². The monoisotopic (exact) mass is 639 g/mol. The van der Waals surface area contributed by atoms with Crippen molar-refractivity contribution in [2.75, 3.05) is 40.3 Å². The minimum atomic E-state index is -5.03. The Morgan fingerprint density at radius 3 is 2.09 bits per heavy atom. The highest BCUT2D eigenvalue weighted by Gasteiger charge is 2.54. The van der Waals surface area contributed by atoms with Crippen LogP contribution in [0.2, 0.25) is 0 Å². The second-order valence-corrected chi connectivity index (χ2v) is 12.5. The fourth-order valence-corrected chi connectivity index (χ4v) is 7.10. The van der Waals surface area contributed by atoms with Gasteiger partial charge in [0.05, 0.1) is 29.7 Å². The van der Waals surface area contributed by atoms with E-state index in [0.717, 1.165) is 0 Å². The van der Waals surface area contributed by atoms with E-state index in [1.54, 1.807) is 29.2 Å². The molecule has 3 fully saturated rings. The average molecular weight is 640 g/mol. The van der Waals surface area contributed by atoms with Crippen molar-refractivity contribution in [3.8, 4) is 0 Å². The summed E-state index contributed by atoms with van der Waals surface area (Å²) in [5.41, 5.74) is -2.19. The number of fused-ring (bicyclic) bond motifs is 2. The summed E-state index contributed by atoms with van der Waals surface area (Å²) in [6.07, 6.45) is -8.96. The lowest BCUT2D eigenvalue weighted by atomic mass is 9.66. The van der Waals surface area contributed by atoms with Crippen LogP contribution in [0.5, 0.6) is 0 Å². The van der Waals surface area contributed by atoms with Crippen LogP contribution in [-0.4, -0.2) is 78.9 Å². The summed E-state index contributed by atoms with van der Waals surface area (Å²) in [5, 5.41) is 0. The SMILES string of the molecule is COC(=O)c1ccc(C2C3CCN(C)CC3C(=O)N3CC[C@@H](C)CN(Cc4cc(C(F)(F)F)cc(C(F)(F)F)c4)C(=O)C23)cc1. The van der Waals surface area contributed by atoms with Crippen molar-refractivity contribution >= 4 is 17.8 Å². The zero-order valence-electron chi connectivity index (χ0n) is 25.1. The van der Waals surface area contributed by atoms with Gasteiger partial charge in [-0.25, -0.2) is 4.79 Å². The number of halogens is 6. The zero-order chi connectivity index (χ0) is 32.8. The Bertz CT molecular complexity index is 1410. The van der Waals surface area contributed by atoms with Crippen molar-refractivity contribution < 1.29 is 45.5 Å². The molecule has 4 unspecified atom stereocenters. The number of amides is 2. The Kier molecular flexibility index (Phi) is 8.96. The molecule has 5 atom stereocenters. The van der Waals surface area contributed by atoms with Gasteiger partial charge in [0.25, 0.3) is 0 Å². The highest BCUT2D eigenvalue weighted by molar-refractivity contribution is 5.92. The molecule has 2 aromatic carbocycles. The van der Waals surface area contributed by atoms with Crippen molar-refractivity contribution in [1.82, 2.24) is 14.7 Å². The van der Waals surface area contributed by atoms with E-state index < -0.39 is 59.8 Å². The number of alkyl halides is 6. The second-order valence-electron chi connectivity index (χ2n) is 12.5. The van der Waals surface area contributed by atoms with Crippen LogP contribution in [0.1, 0.15) is 58.3 Å². The summed E-state index contributed by atoms with van der Waals surface area (Å²) in [6.45, 7) is 2.90. The van der Waals surface area contributed by atoms with Crippen molar-refractivity contribution in [1.29, 1.82) is 0 Å². The van der Waals surface area contributed by atoms with Crippen molar-refractivity contribution in [3.05, 3.63) is 70.3 Å². The molecule has 3 aliphatic heterocycles. The van der Waals surface area contributed by atoms with E-state index in [1.165, 1.54) is 12.0 Å². The number of hydrogen-bond donors (Lipinski definition) is 0. The van der Waals surface area contributed by atoms with Crippen LogP contribution in [0.3, 0.4) is 0 Å². The Morgan fingerprint density at radius 1 is 0.889 bits per heavy atom. The molecular formula is C32H35F6N3O4. The molecular weight excluding hydrogens is 604 g/mol. The molecule has 3 heterocycles. The van der Waals surface area contributed by atoms with Crippen molar-refractivity contribution in [2.24, 2.45) is 17.8 Å². The number of hydrogen-bond acceptors (Lipinski definition) is 5. The molecule has 0 bridgehead atoms. The Labute approximate surface area is 257 Å². The van der Waals surface area contributed by atoms with Gasteiger partial charge in [-0.05, 0) is 79.7 Å². The molecule has 3 aliphatic rings. The standard InChI is InChI=1S/C32H35F6N3O4/c1-18-8-11-41-27(29(43)40(15-18)16-19-12-22(31(33,34)35)14-23(13-19)32(36,37)38)26(20-4-6-21(7-5-20)30(44)45-3)24-9-10-39(2)17-25(24)28(41)42/h4-7,12-14,18,24-27H,8-11,15-17H2,1-3H3/t18-,24?,25?,26?,27?/m1/s1. The minimum absolute atomic E-state index is 0.0667. The number of carbonyl (C=O) groups is 3. The summed E-state index contributed by atoms with van der Waals surface area (Å²) >= 11 is 0. The lowest BCUT2D eigenvalue weighted by Crippen LogP contribution is -2.65. The summed E-state index contributed by atoms with van der Waals surface area (Å²) in [7, 11) is 3.18. The summed E-state index contributed by atoms with van der Waals surface area (Å²) in [4.78, 5) is 45.6. The maximum atomic E-state index is 14.5. The lowest BCUT2D eigenvalue weighted by molar-refractivity contribution is -0.162. The van der Waals surface area contributed by atoms with Gasteiger partial charge in [-0.2, -0.15) is 26.3 Å². The summed E-state index contributed by atoms with van der Waals surface area (Å²) < 4.78 is 86.6. The highest BCUT2D eigenvalue weighted by Crippen LogP contribution is 2.46. The Balaban J connectivity index is 1.58. The van der Waals surface area contributed by atoms with Crippen LogP contribution >= 0.6 is 0 Å². The lowest BCUT2D eigenvalue weighted by Gasteiger charge is -2.53. The van der Waals surface area contributed by atoms with E-state index in [2.05, 4.69) is 4.90 Å². The predicted octanol–water partition coefficient (Wildman–Crippen LogP) is 5.44. The van der Waals surface area contributed by atoms with Crippen LogP contribution in [0.15, 0.2) is 42.5 Å². The number of esters is 1. The number of rotatable bonds is 4. The normalized spacial score (nSPS) is 26.6. The van der Waals surface area contributed by atoms with Crippen LogP contribution in [0.25, 0.3) is 0 Å². The molecule has 7 nitrogen and oxygen atoms in total. The average Bonchev–Trinajstić information content (AvgIpc) is 2.98.